The lowest BCUT2D eigenvalue weighted by Gasteiger charge is -2.10. The zero-order valence-corrected chi connectivity index (χ0v) is 9.54. The van der Waals surface area contributed by atoms with E-state index in [9.17, 15) is 0 Å². The second-order valence-electron chi connectivity index (χ2n) is 3.23. The van der Waals surface area contributed by atoms with E-state index < -0.39 is 0 Å². The molecule has 74 valence electrons. The summed E-state index contributed by atoms with van der Waals surface area (Å²) in [6.45, 7) is 7.89. The highest BCUT2D eigenvalue weighted by atomic mass is 32.2. The Hall–Kier alpha value is 0.310. The van der Waals surface area contributed by atoms with E-state index in [2.05, 4.69) is 37.8 Å². The summed E-state index contributed by atoms with van der Waals surface area (Å²) < 4.78 is 0. The molecule has 0 radical (unpaired) electrons. The normalized spacial score (nSPS) is 13.2. The van der Waals surface area contributed by atoms with Gasteiger partial charge in [0.2, 0.25) is 0 Å². The van der Waals surface area contributed by atoms with Crippen molar-refractivity contribution in [3.8, 4) is 0 Å². The third kappa shape index (κ3) is 8.41. The van der Waals surface area contributed by atoms with Gasteiger partial charge >= 0.3 is 0 Å². The summed E-state index contributed by atoms with van der Waals surface area (Å²) in [7, 11) is 0. The molecule has 0 spiro atoms. The molecule has 0 aromatic carbocycles. The molecule has 0 rings (SSSR count). The number of thioether (sulfide) groups is 1. The fraction of sp³-hybridized carbons (Fsp3) is 1.00. The van der Waals surface area contributed by atoms with Crippen LogP contribution < -0.4 is 5.32 Å². The van der Waals surface area contributed by atoms with Crippen LogP contribution in [0.25, 0.3) is 0 Å². The number of rotatable bonds is 8. The lowest BCUT2D eigenvalue weighted by Crippen LogP contribution is -2.27. The Kier molecular flexibility index (Phi) is 9.64. The molecule has 1 nitrogen and oxygen atoms in total. The largest absolute Gasteiger partial charge is 0.313 e. The number of hydrogen-bond acceptors (Lipinski definition) is 2. The van der Waals surface area contributed by atoms with Gasteiger partial charge in [0, 0.05) is 18.3 Å². The Balaban J connectivity index is 2.90. The molecule has 0 fully saturated rings. The minimum absolute atomic E-state index is 0.691. The van der Waals surface area contributed by atoms with Crippen molar-refractivity contribution in [2.75, 3.05) is 18.1 Å². The van der Waals surface area contributed by atoms with Gasteiger partial charge in [0.1, 0.15) is 0 Å². The first kappa shape index (κ1) is 12.3. The van der Waals surface area contributed by atoms with Crippen molar-refractivity contribution in [1.29, 1.82) is 0 Å². The summed E-state index contributed by atoms with van der Waals surface area (Å²) in [4.78, 5) is 0. The zero-order chi connectivity index (χ0) is 9.23. The molecule has 1 atom stereocenters. The minimum atomic E-state index is 0.691. The molecule has 0 aliphatic carbocycles. The molecule has 1 N–H and O–H groups in total. The van der Waals surface area contributed by atoms with E-state index in [1.54, 1.807) is 0 Å². The van der Waals surface area contributed by atoms with Gasteiger partial charge in [-0.3, -0.25) is 0 Å². The first-order valence-corrected chi connectivity index (χ1v) is 6.27. The maximum absolute atomic E-state index is 3.49. The molecule has 0 aliphatic rings. The van der Waals surface area contributed by atoms with E-state index >= 15 is 0 Å². The summed E-state index contributed by atoms with van der Waals surface area (Å²) in [5, 5.41) is 3.49. The monoisotopic (exact) mass is 189 g/mol. The van der Waals surface area contributed by atoms with Crippen molar-refractivity contribution in [3.05, 3.63) is 0 Å². The van der Waals surface area contributed by atoms with E-state index in [-0.39, 0.29) is 0 Å². The molecule has 0 amide bonds. The van der Waals surface area contributed by atoms with Crippen LogP contribution in [-0.2, 0) is 0 Å². The van der Waals surface area contributed by atoms with Crippen LogP contribution >= 0.6 is 11.8 Å². The molecular weight excluding hydrogens is 166 g/mol. The molecule has 12 heavy (non-hydrogen) atoms. The summed E-state index contributed by atoms with van der Waals surface area (Å²) in [5.41, 5.74) is 0. The van der Waals surface area contributed by atoms with Gasteiger partial charge in [-0.25, -0.2) is 0 Å². The Morgan fingerprint density at radius 3 is 2.58 bits per heavy atom. The van der Waals surface area contributed by atoms with Crippen molar-refractivity contribution < 1.29 is 0 Å². The average molecular weight is 189 g/mol. The fourth-order valence-electron chi connectivity index (χ4n) is 0.870. The molecule has 0 aromatic heterocycles. The number of unbranched alkanes of at least 4 members (excludes halogenated alkanes) is 1. The zero-order valence-electron chi connectivity index (χ0n) is 8.73. The van der Waals surface area contributed by atoms with Gasteiger partial charge in [-0.15, -0.1) is 0 Å². The quantitative estimate of drug-likeness (QED) is 0.589. The van der Waals surface area contributed by atoms with E-state index in [1.165, 1.54) is 37.3 Å². The third-order valence-corrected chi connectivity index (χ3v) is 3.06. The first-order valence-electron chi connectivity index (χ1n) is 5.12. The van der Waals surface area contributed by atoms with Crippen LogP contribution in [0.15, 0.2) is 0 Å². The fourth-order valence-corrected chi connectivity index (χ4v) is 1.83. The second-order valence-corrected chi connectivity index (χ2v) is 4.45. The van der Waals surface area contributed by atoms with E-state index in [0.29, 0.717) is 6.04 Å². The molecule has 2 heteroatoms. The second kappa shape index (κ2) is 9.40. The van der Waals surface area contributed by atoms with Crippen LogP contribution in [0.3, 0.4) is 0 Å². The van der Waals surface area contributed by atoms with Crippen LogP contribution in [-0.4, -0.2) is 24.1 Å². The predicted octanol–water partition coefficient (Wildman–Crippen LogP) is 2.91. The van der Waals surface area contributed by atoms with Crippen LogP contribution in [0.1, 0.15) is 40.0 Å². The molecule has 0 heterocycles. The van der Waals surface area contributed by atoms with E-state index in [1.807, 2.05) is 0 Å². The van der Waals surface area contributed by atoms with E-state index in [0.717, 1.165) is 0 Å². The Labute approximate surface area is 81.7 Å². The maximum atomic E-state index is 3.49. The lowest BCUT2D eigenvalue weighted by atomic mass is 10.3. The van der Waals surface area contributed by atoms with Gasteiger partial charge in [0.05, 0.1) is 0 Å². The lowest BCUT2D eigenvalue weighted by molar-refractivity contribution is 0.555. The molecule has 0 saturated carbocycles. The van der Waals surface area contributed by atoms with Gasteiger partial charge in [0.25, 0.3) is 0 Å². The van der Waals surface area contributed by atoms with Gasteiger partial charge in [0.15, 0.2) is 0 Å². The molecule has 0 bridgehead atoms. The van der Waals surface area contributed by atoms with Crippen molar-refractivity contribution >= 4 is 11.8 Å². The predicted molar refractivity (Wildman–Crippen MR) is 60.0 cm³/mol. The molecular formula is C10H23NS. The van der Waals surface area contributed by atoms with Crippen molar-refractivity contribution in [3.63, 3.8) is 0 Å². The van der Waals surface area contributed by atoms with Gasteiger partial charge in [-0.2, -0.15) is 11.8 Å². The van der Waals surface area contributed by atoms with Crippen LogP contribution in [0.2, 0.25) is 0 Å². The third-order valence-electron chi connectivity index (χ3n) is 1.99. The summed E-state index contributed by atoms with van der Waals surface area (Å²) >= 11 is 2.07. The number of hydrogen-bond donors (Lipinski definition) is 1. The van der Waals surface area contributed by atoms with Crippen molar-refractivity contribution in [1.82, 2.24) is 5.32 Å². The SMILES string of the molecule is CCCCSCCNC(C)CC. The summed E-state index contributed by atoms with van der Waals surface area (Å²) in [5.74, 6) is 2.60. The summed E-state index contributed by atoms with van der Waals surface area (Å²) in [6, 6.07) is 0.691. The molecule has 0 aromatic rings. The standard InChI is InChI=1S/C10H23NS/c1-4-6-8-12-9-7-11-10(3)5-2/h10-11H,4-9H2,1-3H3. The highest BCUT2D eigenvalue weighted by Gasteiger charge is 1.95. The molecule has 0 saturated heterocycles. The Morgan fingerprint density at radius 1 is 1.25 bits per heavy atom. The minimum Gasteiger partial charge on any atom is -0.313 e. The average Bonchev–Trinajstić information content (AvgIpc) is 2.10. The Bertz CT molecular complexity index is 85.9. The van der Waals surface area contributed by atoms with Crippen molar-refractivity contribution in [2.45, 2.75) is 46.1 Å². The van der Waals surface area contributed by atoms with Crippen molar-refractivity contribution in [2.24, 2.45) is 0 Å². The van der Waals surface area contributed by atoms with Crippen LogP contribution in [0.5, 0.6) is 0 Å². The first-order chi connectivity index (χ1) is 5.81. The smallest absolute Gasteiger partial charge is 0.00581 e. The van der Waals surface area contributed by atoms with Gasteiger partial charge in [-0.05, 0) is 25.5 Å². The highest BCUT2D eigenvalue weighted by Crippen LogP contribution is 2.02. The summed E-state index contributed by atoms with van der Waals surface area (Å²) in [6.07, 6.45) is 3.93. The van der Waals surface area contributed by atoms with Crippen LogP contribution in [0, 0.1) is 0 Å². The molecule has 1 unspecified atom stereocenters. The highest BCUT2D eigenvalue weighted by molar-refractivity contribution is 7.99. The number of nitrogens with one attached hydrogen (secondary N) is 1. The van der Waals surface area contributed by atoms with Crippen LogP contribution in [0.4, 0.5) is 0 Å². The maximum Gasteiger partial charge on any atom is 0.00581 e. The topological polar surface area (TPSA) is 12.0 Å². The van der Waals surface area contributed by atoms with Gasteiger partial charge in [-0.1, -0.05) is 20.3 Å². The Morgan fingerprint density at radius 2 is 2.00 bits per heavy atom. The van der Waals surface area contributed by atoms with Gasteiger partial charge < -0.3 is 5.32 Å². The molecule has 0 aliphatic heterocycles. The van der Waals surface area contributed by atoms with E-state index in [4.69, 9.17) is 0 Å².